The van der Waals surface area contributed by atoms with E-state index in [1.54, 1.807) is 12.0 Å². The molecule has 0 saturated carbocycles. The molecule has 3 rings (SSSR count). The monoisotopic (exact) mass is 429 g/mol. The van der Waals surface area contributed by atoms with E-state index in [-0.39, 0.29) is 5.92 Å². The van der Waals surface area contributed by atoms with Crippen LogP contribution < -0.4 is 9.64 Å². The first-order chi connectivity index (χ1) is 15.4. The van der Waals surface area contributed by atoms with Crippen molar-refractivity contribution in [2.75, 3.05) is 12.0 Å². The number of carbonyl (C=O) groups is 1. The van der Waals surface area contributed by atoms with Crippen LogP contribution >= 0.6 is 0 Å². The summed E-state index contributed by atoms with van der Waals surface area (Å²) in [4.78, 5) is 14.6. The summed E-state index contributed by atoms with van der Waals surface area (Å²) < 4.78 is 10.9. The Hall–Kier alpha value is -3.53. The Bertz CT molecular complexity index is 1010. The molecule has 0 fully saturated rings. The molecule has 1 amide bonds. The third-order valence-corrected chi connectivity index (χ3v) is 4.93. The molecule has 3 aromatic rings. The Morgan fingerprint density at radius 1 is 0.906 bits per heavy atom. The first-order valence-corrected chi connectivity index (χ1v) is 10.8. The van der Waals surface area contributed by atoms with Gasteiger partial charge in [-0.2, -0.15) is 0 Å². The highest BCUT2D eigenvalue weighted by molar-refractivity contribution is 5.90. The lowest BCUT2D eigenvalue weighted by Crippen LogP contribution is -2.33. The average molecular weight is 430 g/mol. The fraction of sp³-hybridized carbons (Fsp3) is 0.250. The van der Waals surface area contributed by atoms with Crippen molar-refractivity contribution in [3.05, 3.63) is 108 Å². The summed E-state index contributed by atoms with van der Waals surface area (Å²) in [6.45, 7) is 5.59. The Morgan fingerprint density at radius 2 is 1.50 bits per heavy atom. The number of ether oxygens (including phenoxy) is 2. The van der Waals surface area contributed by atoms with Crippen molar-refractivity contribution in [1.82, 2.24) is 0 Å². The second-order valence-corrected chi connectivity index (χ2v) is 8.60. The summed E-state index contributed by atoms with van der Waals surface area (Å²) in [5.74, 6) is 0.829. The predicted octanol–water partition coefficient (Wildman–Crippen LogP) is 6.98. The Kier molecular flexibility index (Phi) is 7.72. The average Bonchev–Trinajstić information content (AvgIpc) is 2.79. The van der Waals surface area contributed by atoms with Crippen molar-refractivity contribution >= 4 is 11.8 Å². The molecule has 0 heterocycles. The number of methoxy groups -OCH3 is 1. The van der Waals surface area contributed by atoms with E-state index in [1.165, 1.54) is 11.1 Å². The molecule has 0 bridgehead atoms. The molecule has 0 aliphatic carbocycles. The highest BCUT2D eigenvalue weighted by Crippen LogP contribution is 2.26. The van der Waals surface area contributed by atoms with Crippen molar-refractivity contribution in [1.29, 1.82) is 0 Å². The summed E-state index contributed by atoms with van der Waals surface area (Å²) in [5.41, 5.74) is 2.53. The van der Waals surface area contributed by atoms with Gasteiger partial charge in [-0.3, -0.25) is 4.90 Å². The number of benzene rings is 3. The topological polar surface area (TPSA) is 38.8 Å². The SMILES string of the molecule is COc1ccc(N(/C=C/[C@H](Cc2ccccc2)c2ccccc2)C(=O)OC(C)(C)C)cc1. The minimum Gasteiger partial charge on any atom is -0.497 e. The predicted molar refractivity (Wildman–Crippen MR) is 130 cm³/mol. The van der Waals surface area contributed by atoms with Gasteiger partial charge in [-0.05, 0) is 62.6 Å². The van der Waals surface area contributed by atoms with E-state index in [0.29, 0.717) is 5.69 Å². The van der Waals surface area contributed by atoms with Crippen LogP contribution in [0, 0.1) is 0 Å². The maximum atomic E-state index is 13.0. The summed E-state index contributed by atoms with van der Waals surface area (Å²) in [7, 11) is 1.62. The largest absolute Gasteiger partial charge is 0.497 e. The highest BCUT2D eigenvalue weighted by Gasteiger charge is 2.22. The number of rotatable bonds is 7. The Balaban J connectivity index is 1.94. The fourth-order valence-corrected chi connectivity index (χ4v) is 3.36. The second kappa shape index (κ2) is 10.7. The lowest BCUT2D eigenvalue weighted by Gasteiger charge is -2.26. The molecule has 166 valence electrons. The van der Waals surface area contributed by atoms with Gasteiger partial charge >= 0.3 is 6.09 Å². The normalized spacial score (nSPS) is 12.4. The van der Waals surface area contributed by atoms with Gasteiger partial charge in [-0.15, -0.1) is 0 Å². The molecule has 4 nitrogen and oxygen atoms in total. The molecule has 0 aliphatic rings. The number of nitrogens with zero attached hydrogens (tertiary/aromatic N) is 1. The van der Waals surface area contributed by atoms with Crippen LogP contribution in [-0.4, -0.2) is 18.8 Å². The Labute approximate surface area is 191 Å². The van der Waals surface area contributed by atoms with Crippen molar-refractivity contribution in [2.24, 2.45) is 0 Å². The van der Waals surface area contributed by atoms with Gasteiger partial charge in [0.15, 0.2) is 0 Å². The zero-order chi connectivity index (χ0) is 23.0. The smallest absolute Gasteiger partial charge is 0.418 e. The minimum absolute atomic E-state index is 0.0989. The number of hydrogen-bond acceptors (Lipinski definition) is 3. The Morgan fingerprint density at radius 3 is 2.06 bits per heavy atom. The van der Waals surface area contributed by atoms with Crippen LogP contribution in [0.4, 0.5) is 10.5 Å². The van der Waals surface area contributed by atoms with Crippen molar-refractivity contribution in [3.63, 3.8) is 0 Å². The van der Waals surface area contributed by atoms with Crippen molar-refractivity contribution in [3.8, 4) is 5.75 Å². The molecule has 0 spiro atoms. The lowest BCUT2D eigenvalue weighted by atomic mass is 9.92. The van der Waals surface area contributed by atoms with Crippen LogP contribution in [0.15, 0.2) is 97.2 Å². The van der Waals surface area contributed by atoms with E-state index in [1.807, 2.05) is 87.6 Å². The zero-order valence-electron chi connectivity index (χ0n) is 19.2. The number of carbonyl (C=O) groups excluding carboxylic acids is 1. The second-order valence-electron chi connectivity index (χ2n) is 8.60. The number of allylic oxidation sites excluding steroid dienone is 1. The van der Waals surface area contributed by atoms with E-state index in [0.717, 1.165) is 12.2 Å². The van der Waals surface area contributed by atoms with Gasteiger partial charge in [-0.25, -0.2) is 4.79 Å². The zero-order valence-corrected chi connectivity index (χ0v) is 19.2. The third-order valence-electron chi connectivity index (χ3n) is 4.93. The van der Waals surface area contributed by atoms with Crippen molar-refractivity contribution < 1.29 is 14.3 Å². The summed E-state index contributed by atoms with van der Waals surface area (Å²) >= 11 is 0. The van der Waals surface area contributed by atoms with Gasteiger partial charge in [0.2, 0.25) is 0 Å². The summed E-state index contributed by atoms with van der Waals surface area (Å²) in [6, 6.07) is 28.0. The third kappa shape index (κ3) is 6.74. The molecular weight excluding hydrogens is 398 g/mol. The summed E-state index contributed by atoms with van der Waals surface area (Å²) in [6.07, 6.45) is 4.28. The number of hydrogen-bond donors (Lipinski definition) is 0. The maximum Gasteiger partial charge on any atom is 0.418 e. The maximum absolute atomic E-state index is 13.0. The van der Waals surface area contributed by atoms with Crippen LogP contribution in [0.1, 0.15) is 37.8 Å². The van der Waals surface area contributed by atoms with Crippen LogP contribution in [0.5, 0.6) is 5.75 Å². The molecule has 0 saturated heterocycles. The van der Waals surface area contributed by atoms with Crippen LogP contribution in [0.3, 0.4) is 0 Å². The lowest BCUT2D eigenvalue weighted by molar-refractivity contribution is 0.0596. The first kappa shape index (κ1) is 23.1. The fourth-order valence-electron chi connectivity index (χ4n) is 3.36. The van der Waals surface area contributed by atoms with E-state index in [2.05, 4.69) is 30.3 Å². The molecule has 4 heteroatoms. The first-order valence-electron chi connectivity index (χ1n) is 10.8. The molecule has 1 atom stereocenters. The van der Waals surface area contributed by atoms with E-state index in [4.69, 9.17) is 9.47 Å². The van der Waals surface area contributed by atoms with Crippen LogP contribution in [0.25, 0.3) is 0 Å². The van der Waals surface area contributed by atoms with Crippen LogP contribution in [0.2, 0.25) is 0 Å². The van der Waals surface area contributed by atoms with Gasteiger partial charge < -0.3 is 9.47 Å². The molecule has 3 aromatic carbocycles. The summed E-state index contributed by atoms with van der Waals surface area (Å²) in [5, 5.41) is 0. The standard InChI is InChI=1S/C28H31NO3/c1-28(2,3)32-27(30)29(25-15-17-26(31-4)18-16-25)20-19-24(23-13-9-6-10-14-23)21-22-11-7-5-8-12-22/h5-20,24H,21H2,1-4H3/b20-19+/t24-/m1/s1. The highest BCUT2D eigenvalue weighted by atomic mass is 16.6. The van der Waals surface area contributed by atoms with E-state index >= 15 is 0 Å². The van der Waals surface area contributed by atoms with Crippen LogP contribution in [-0.2, 0) is 11.2 Å². The van der Waals surface area contributed by atoms with Gasteiger partial charge in [0, 0.05) is 12.1 Å². The quantitative estimate of drug-likeness (QED) is 0.407. The van der Waals surface area contributed by atoms with E-state index in [9.17, 15) is 4.79 Å². The number of amides is 1. The molecule has 0 radical (unpaired) electrons. The van der Waals surface area contributed by atoms with Gasteiger partial charge in [0.25, 0.3) is 0 Å². The number of anilines is 1. The van der Waals surface area contributed by atoms with Gasteiger partial charge in [-0.1, -0.05) is 66.7 Å². The molecular formula is C28H31NO3. The minimum atomic E-state index is -0.599. The molecule has 32 heavy (non-hydrogen) atoms. The molecule has 0 N–H and O–H groups in total. The van der Waals surface area contributed by atoms with Gasteiger partial charge in [0.05, 0.1) is 12.8 Å². The molecule has 0 unspecified atom stereocenters. The van der Waals surface area contributed by atoms with Crippen molar-refractivity contribution in [2.45, 2.75) is 38.7 Å². The molecule has 0 aliphatic heterocycles. The molecule has 0 aromatic heterocycles. The van der Waals surface area contributed by atoms with Gasteiger partial charge in [0.1, 0.15) is 11.4 Å². The van der Waals surface area contributed by atoms with E-state index < -0.39 is 11.7 Å².